The molecule has 0 aromatic heterocycles. The first-order valence-corrected chi connectivity index (χ1v) is 7.01. The van der Waals surface area contributed by atoms with Gasteiger partial charge in [-0.25, -0.2) is 4.79 Å². The molecule has 1 aromatic rings. The highest BCUT2D eigenvalue weighted by Gasteiger charge is 2.23. The molecule has 0 aliphatic heterocycles. The second kappa shape index (κ2) is 8.78. The number of carbonyl (C=O) groups excluding carboxylic acids is 2. The molecule has 7 nitrogen and oxygen atoms in total. The van der Waals surface area contributed by atoms with E-state index in [-0.39, 0.29) is 12.8 Å². The summed E-state index contributed by atoms with van der Waals surface area (Å²) in [5, 5.41) is 11.4. The Labute approximate surface area is 128 Å². The molecule has 22 heavy (non-hydrogen) atoms. The monoisotopic (exact) mass is 307 g/mol. The van der Waals surface area contributed by atoms with E-state index in [0.717, 1.165) is 5.56 Å². The molecule has 120 valence electrons. The van der Waals surface area contributed by atoms with Crippen molar-refractivity contribution in [3.8, 4) is 0 Å². The molecule has 0 saturated heterocycles. The predicted molar refractivity (Wildman–Crippen MR) is 80.7 cm³/mol. The maximum absolute atomic E-state index is 11.9. The van der Waals surface area contributed by atoms with Crippen molar-refractivity contribution < 1.29 is 19.5 Å². The van der Waals surface area contributed by atoms with E-state index in [2.05, 4.69) is 5.32 Å². The van der Waals surface area contributed by atoms with Crippen molar-refractivity contribution in [2.45, 2.75) is 37.8 Å². The van der Waals surface area contributed by atoms with Crippen molar-refractivity contribution in [3.63, 3.8) is 0 Å². The van der Waals surface area contributed by atoms with E-state index in [1.165, 1.54) is 0 Å². The largest absolute Gasteiger partial charge is 0.480 e. The van der Waals surface area contributed by atoms with Crippen LogP contribution in [0.1, 0.15) is 24.8 Å². The highest BCUT2D eigenvalue weighted by Crippen LogP contribution is 2.05. The molecular weight excluding hydrogens is 286 g/mol. The third-order valence-electron chi connectivity index (χ3n) is 3.22. The number of nitrogens with two attached hydrogens (primary N) is 2. The lowest BCUT2D eigenvalue weighted by molar-refractivity contribution is -0.142. The fourth-order valence-electron chi connectivity index (χ4n) is 1.92. The van der Waals surface area contributed by atoms with E-state index in [1.54, 1.807) is 0 Å². The van der Waals surface area contributed by atoms with Crippen LogP contribution in [-0.4, -0.2) is 35.0 Å². The molecule has 0 radical (unpaired) electrons. The predicted octanol–water partition coefficient (Wildman–Crippen LogP) is -0.219. The van der Waals surface area contributed by atoms with Gasteiger partial charge in [0, 0.05) is 6.42 Å². The van der Waals surface area contributed by atoms with Gasteiger partial charge in [-0.1, -0.05) is 30.3 Å². The Balaban J connectivity index is 2.46. The van der Waals surface area contributed by atoms with Crippen LogP contribution in [0.4, 0.5) is 0 Å². The number of rotatable bonds is 9. The van der Waals surface area contributed by atoms with Crippen LogP contribution < -0.4 is 16.8 Å². The number of aryl methyl sites for hydroxylation is 1. The van der Waals surface area contributed by atoms with Crippen molar-refractivity contribution in [1.82, 2.24) is 5.32 Å². The summed E-state index contributed by atoms with van der Waals surface area (Å²) < 4.78 is 0. The molecular formula is C15H21N3O4. The zero-order valence-corrected chi connectivity index (χ0v) is 12.2. The van der Waals surface area contributed by atoms with Gasteiger partial charge < -0.3 is 21.9 Å². The molecule has 2 unspecified atom stereocenters. The molecule has 0 spiro atoms. The van der Waals surface area contributed by atoms with Crippen molar-refractivity contribution in [1.29, 1.82) is 0 Å². The lowest BCUT2D eigenvalue weighted by Gasteiger charge is -2.17. The summed E-state index contributed by atoms with van der Waals surface area (Å²) in [6, 6.07) is 7.57. The first-order valence-electron chi connectivity index (χ1n) is 7.01. The average Bonchev–Trinajstić information content (AvgIpc) is 2.49. The minimum absolute atomic E-state index is 0.0538. The average molecular weight is 307 g/mol. The number of hydrogen-bond acceptors (Lipinski definition) is 4. The van der Waals surface area contributed by atoms with E-state index in [1.807, 2.05) is 30.3 Å². The first-order chi connectivity index (χ1) is 10.4. The topological polar surface area (TPSA) is 136 Å². The third-order valence-corrected chi connectivity index (χ3v) is 3.22. The molecule has 0 aliphatic carbocycles. The van der Waals surface area contributed by atoms with E-state index < -0.39 is 29.9 Å². The van der Waals surface area contributed by atoms with Crippen LogP contribution in [0.5, 0.6) is 0 Å². The summed E-state index contributed by atoms with van der Waals surface area (Å²) in [5.74, 6) is -2.38. The van der Waals surface area contributed by atoms with Crippen molar-refractivity contribution >= 4 is 17.8 Å². The van der Waals surface area contributed by atoms with Crippen LogP contribution >= 0.6 is 0 Å². The fourth-order valence-corrected chi connectivity index (χ4v) is 1.92. The summed E-state index contributed by atoms with van der Waals surface area (Å²) >= 11 is 0. The fraction of sp³-hybridized carbons (Fsp3) is 0.400. The lowest BCUT2D eigenvalue weighted by Crippen LogP contribution is -2.48. The summed E-state index contributed by atoms with van der Waals surface area (Å²) in [7, 11) is 0. The van der Waals surface area contributed by atoms with Crippen LogP contribution in [0.25, 0.3) is 0 Å². The Morgan fingerprint density at radius 3 is 2.32 bits per heavy atom. The summed E-state index contributed by atoms with van der Waals surface area (Å²) in [5.41, 5.74) is 11.8. The molecule has 0 bridgehead atoms. The van der Waals surface area contributed by atoms with E-state index >= 15 is 0 Å². The minimum Gasteiger partial charge on any atom is -0.480 e. The van der Waals surface area contributed by atoms with Gasteiger partial charge in [0.25, 0.3) is 0 Å². The molecule has 2 atom stereocenters. The van der Waals surface area contributed by atoms with E-state index in [4.69, 9.17) is 16.6 Å². The Hall–Kier alpha value is -2.41. The quantitative estimate of drug-likeness (QED) is 0.500. The van der Waals surface area contributed by atoms with Gasteiger partial charge in [0.1, 0.15) is 6.04 Å². The SMILES string of the molecule is NC(=O)CCC(NC(=O)C(N)CCc1ccccc1)C(=O)O. The zero-order chi connectivity index (χ0) is 16.5. The van der Waals surface area contributed by atoms with Gasteiger partial charge in [0.05, 0.1) is 6.04 Å². The highest BCUT2D eigenvalue weighted by atomic mass is 16.4. The number of benzene rings is 1. The van der Waals surface area contributed by atoms with E-state index in [9.17, 15) is 14.4 Å². The zero-order valence-electron chi connectivity index (χ0n) is 12.2. The summed E-state index contributed by atoms with van der Waals surface area (Å²) in [6.07, 6.45) is 0.852. The third kappa shape index (κ3) is 6.36. The molecule has 1 rings (SSSR count). The minimum atomic E-state index is -1.22. The molecule has 0 saturated carbocycles. The normalized spacial score (nSPS) is 13.1. The van der Waals surface area contributed by atoms with Crippen LogP contribution in [0.2, 0.25) is 0 Å². The number of hydrogen-bond donors (Lipinski definition) is 4. The van der Waals surface area contributed by atoms with Crippen molar-refractivity contribution in [2.75, 3.05) is 0 Å². The second-order valence-electron chi connectivity index (χ2n) is 5.04. The van der Waals surface area contributed by atoms with Gasteiger partial charge in [-0.05, 0) is 24.8 Å². The molecule has 6 N–H and O–H groups in total. The molecule has 1 aromatic carbocycles. The second-order valence-corrected chi connectivity index (χ2v) is 5.04. The highest BCUT2D eigenvalue weighted by molar-refractivity contribution is 5.87. The maximum atomic E-state index is 11.9. The van der Waals surface area contributed by atoms with Crippen LogP contribution in [-0.2, 0) is 20.8 Å². The number of aliphatic carboxylic acids is 1. The Bertz CT molecular complexity index is 519. The number of amides is 2. The van der Waals surface area contributed by atoms with Crippen LogP contribution in [0, 0.1) is 0 Å². The first kappa shape index (κ1) is 17.6. The number of nitrogens with one attached hydrogen (secondary N) is 1. The van der Waals surface area contributed by atoms with Gasteiger partial charge in [-0.3, -0.25) is 9.59 Å². The number of carboxylic acid groups (broad SMARTS) is 1. The van der Waals surface area contributed by atoms with Gasteiger partial charge >= 0.3 is 5.97 Å². The number of carboxylic acids is 1. The van der Waals surface area contributed by atoms with Crippen molar-refractivity contribution in [3.05, 3.63) is 35.9 Å². The van der Waals surface area contributed by atoms with Crippen LogP contribution in [0.3, 0.4) is 0 Å². The van der Waals surface area contributed by atoms with Gasteiger partial charge in [0.2, 0.25) is 11.8 Å². The molecule has 0 aliphatic rings. The number of primary amides is 1. The van der Waals surface area contributed by atoms with Gasteiger partial charge in [-0.15, -0.1) is 0 Å². The van der Waals surface area contributed by atoms with Crippen LogP contribution in [0.15, 0.2) is 30.3 Å². The molecule has 2 amide bonds. The summed E-state index contributed by atoms with van der Waals surface area (Å²) in [4.78, 5) is 33.6. The summed E-state index contributed by atoms with van der Waals surface area (Å²) in [6.45, 7) is 0. The Kier molecular flexibility index (Phi) is 7.04. The Morgan fingerprint density at radius 2 is 1.77 bits per heavy atom. The molecule has 0 heterocycles. The van der Waals surface area contributed by atoms with Gasteiger partial charge in [0.15, 0.2) is 0 Å². The van der Waals surface area contributed by atoms with Gasteiger partial charge in [-0.2, -0.15) is 0 Å². The Morgan fingerprint density at radius 1 is 1.14 bits per heavy atom. The maximum Gasteiger partial charge on any atom is 0.326 e. The van der Waals surface area contributed by atoms with E-state index in [0.29, 0.717) is 12.8 Å². The standard InChI is InChI=1S/C15H21N3O4/c16-11(7-6-10-4-2-1-3-5-10)14(20)18-12(15(21)22)8-9-13(17)19/h1-5,11-12H,6-9,16H2,(H2,17,19)(H,18,20)(H,21,22). The smallest absolute Gasteiger partial charge is 0.326 e. The molecule has 7 heteroatoms. The van der Waals surface area contributed by atoms with Crippen molar-refractivity contribution in [2.24, 2.45) is 11.5 Å². The molecule has 0 fully saturated rings. The number of carbonyl (C=O) groups is 3. The lowest BCUT2D eigenvalue weighted by atomic mass is 10.0.